The normalized spacial score (nSPS) is 16.3. The fourth-order valence-electron chi connectivity index (χ4n) is 1.68. The lowest BCUT2D eigenvalue weighted by Crippen LogP contribution is -2.36. The van der Waals surface area contributed by atoms with Crippen LogP contribution < -0.4 is 5.32 Å². The summed E-state index contributed by atoms with van der Waals surface area (Å²) >= 11 is 1.94. The SMILES string of the molecule is Cc1ccc(SCCNC2CCC2)cc1. The van der Waals surface area contributed by atoms with Crippen molar-refractivity contribution >= 4 is 11.8 Å². The van der Waals surface area contributed by atoms with Gasteiger partial charge in [0.05, 0.1) is 0 Å². The minimum absolute atomic E-state index is 0.823. The lowest BCUT2D eigenvalue weighted by molar-refractivity contribution is 0.347. The third kappa shape index (κ3) is 3.54. The fraction of sp³-hybridized carbons (Fsp3) is 0.538. The fourth-order valence-corrected chi connectivity index (χ4v) is 2.46. The van der Waals surface area contributed by atoms with E-state index in [-0.39, 0.29) is 0 Å². The highest BCUT2D eigenvalue weighted by Gasteiger charge is 2.15. The van der Waals surface area contributed by atoms with Crippen LogP contribution in [-0.2, 0) is 0 Å². The van der Waals surface area contributed by atoms with E-state index in [1.54, 1.807) is 0 Å². The van der Waals surface area contributed by atoms with Crippen LogP contribution in [0.2, 0.25) is 0 Å². The summed E-state index contributed by atoms with van der Waals surface area (Å²) in [6.07, 6.45) is 4.19. The Morgan fingerprint density at radius 2 is 2.00 bits per heavy atom. The molecule has 1 fully saturated rings. The van der Waals surface area contributed by atoms with E-state index < -0.39 is 0 Å². The molecule has 0 bridgehead atoms. The second-order valence-electron chi connectivity index (χ2n) is 4.24. The van der Waals surface area contributed by atoms with Crippen molar-refractivity contribution in [2.45, 2.75) is 37.1 Å². The summed E-state index contributed by atoms with van der Waals surface area (Å²) < 4.78 is 0. The van der Waals surface area contributed by atoms with Crippen LogP contribution in [0, 0.1) is 6.92 Å². The first-order valence-corrected chi connectivity index (χ1v) is 6.76. The molecule has 15 heavy (non-hydrogen) atoms. The maximum Gasteiger partial charge on any atom is 0.0106 e. The predicted molar refractivity (Wildman–Crippen MR) is 67.5 cm³/mol. The standard InChI is InChI=1S/C13H19NS/c1-11-5-7-13(8-6-11)15-10-9-14-12-3-2-4-12/h5-8,12,14H,2-4,9-10H2,1H3. The molecule has 0 atom stereocenters. The van der Waals surface area contributed by atoms with E-state index in [4.69, 9.17) is 0 Å². The summed E-state index contributed by atoms with van der Waals surface area (Å²) in [5.74, 6) is 1.18. The minimum atomic E-state index is 0.823. The summed E-state index contributed by atoms with van der Waals surface area (Å²) in [5.41, 5.74) is 1.34. The molecule has 0 amide bonds. The van der Waals surface area contributed by atoms with Crippen molar-refractivity contribution in [3.8, 4) is 0 Å². The van der Waals surface area contributed by atoms with Gasteiger partial charge in [0.15, 0.2) is 0 Å². The molecule has 1 aromatic carbocycles. The molecule has 2 heteroatoms. The molecule has 2 rings (SSSR count). The van der Waals surface area contributed by atoms with Crippen LogP contribution >= 0.6 is 11.8 Å². The molecule has 1 aliphatic carbocycles. The molecule has 1 aromatic rings. The van der Waals surface area contributed by atoms with Crippen LogP contribution in [0.15, 0.2) is 29.2 Å². The van der Waals surface area contributed by atoms with Crippen LogP contribution in [0.25, 0.3) is 0 Å². The van der Waals surface area contributed by atoms with Crippen LogP contribution in [0.1, 0.15) is 24.8 Å². The van der Waals surface area contributed by atoms with E-state index in [1.807, 2.05) is 11.8 Å². The topological polar surface area (TPSA) is 12.0 Å². The molecule has 0 unspecified atom stereocenters. The zero-order valence-corrected chi connectivity index (χ0v) is 10.1. The summed E-state index contributed by atoms with van der Waals surface area (Å²) in [6.45, 7) is 3.27. The van der Waals surface area contributed by atoms with Gasteiger partial charge in [-0.05, 0) is 31.9 Å². The van der Waals surface area contributed by atoms with Gasteiger partial charge in [-0.25, -0.2) is 0 Å². The van der Waals surface area contributed by atoms with Crippen LogP contribution in [-0.4, -0.2) is 18.3 Å². The van der Waals surface area contributed by atoms with Crippen molar-refractivity contribution in [3.63, 3.8) is 0 Å². The van der Waals surface area contributed by atoms with Gasteiger partial charge in [0.25, 0.3) is 0 Å². The number of hydrogen-bond acceptors (Lipinski definition) is 2. The monoisotopic (exact) mass is 221 g/mol. The molecule has 0 spiro atoms. The Hall–Kier alpha value is -0.470. The van der Waals surface area contributed by atoms with Crippen molar-refractivity contribution in [1.82, 2.24) is 5.32 Å². The molecule has 1 nitrogen and oxygen atoms in total. The number of benzene rings is 1. The average molecular weight is 221 g/mol. The molecule has 1 N–H and O–H groups in total. The van der Waals surface area contributed by atoms with Crippen molar-refractivity contribution in [1.29, 1.82) is 0 Å². The molecule has 82 valence electrons. The summed E-state index contributed by atoms with van der Waals surface area (Å²) in [6, 6.07) is 9.61. The smallest absolute Gasteiger partial charge is 0.0106 e. The van der Waals surface area contributed by atoms with Crippen molar-refractivity contribution < 1.29 is 0 Å². The Bertz CT molecular complexity index is 290. The van der Waals surface area contributed by atoms with Gasteiger partial charge in [0.1, 0.15) is 0 Å². The van der Waals surface area contributed by atoms with Gasteiger partial charge in [0, 0.05) is 23.2 Å². The van der Waals surface area contributed by atoms with E-state index in [0.29, 0.717) is 0 Å². The number of hydrogen-bond donors (Lipinski definition) is 1. The number of aryl methyl sites for hydroxylation is 1. The molecule has 0 heterocycles. The molecule has 0 radical (unpaired) electrons. The van der Waals surface area contributed by atoms with Crippen molar-refractivity contribution in [2.75, 3.05) is 12.3 Å². The first kappa shape index (κ1) is 11.0. The molecule has 0 aromatic heterocycles. The first-order valence-electron chi connectivity index (χ1n) is 5.77. The van der Waals surface area contributed by atoms with Gasteiger partial charge >= 0.3 is 0 Å². The van der Waals surface area contributed by atoms with Crippen molar-refractivity contribution in [3.05, 3.63) is 29.8 Å². The van der Waals surface area contributed by atoms with Crippen molar-refractivity contribution in [2.24, 2.45) is 0 Å². The molecule has 1 saturated carbocycles. The maximum absolute atomic E-state index is 3.58. The Morgan fingerprint density at radius 3 is 2.60 bits per heavy atom. The zero-order chi connectivity index (χ0) is 10.5. The van der Waals surface area contributed by atoms with E-state index in [1.165, 1.54) is 35.5 Å². The van der Waals surface area contributed by atoms with Gasteiger partial charge in [0.2, 0.25) is 0 Å². The Kier molecular flexibility index (Phi) is 4.09. The van der Waals surface area contributed by atoms with Gasteiger partial charge in [-0.15, -0.1) is 11.8 Å². The maximum atomic E-state index is 3.58. The minimum Gasteiger partial charge on any atom is -0.313 e. The van der Waals surface area contributed by atoms with Gasteiger partial charge in [-0.3, -0.25) is 0 Å². The second-order valence-corrected chi connectivity index (χ2v) is 5.41. The molecule has 0 aliphatic heterocycles. The predicted octanol–water partition coefficient (Wildman–Crippen LogP) is 3.23. The van der Waals surface area contributed by atoms with Crippen LogP contribution in [0.4, 0.5) is 0 Å². The van der Waals surface area contributed by atoms with Crippen LogP contribution in [0.3, 0.4) is 0 Å². The largest absolute Gasteiger partial charge is 0.313 e. The lowest BCUT2D eigenvalue weighted by Gasteiger charge is -2.26. The van der Waals surface area contributed by atoms with Crippen LogP contribution in [0.5, 0.6) is 0 Å². The third-order valence-electron chi connectivity index (χ3n) is 2.93. The summed E-state index contributed by atoms with van der Waals surface area (Å²) in [7, 11) is 0. The van der Waals surface area contributed by atoms with E-state index in [2.05, 4.69) is 36.5 Å². The summed E-state index contributed by atoms with van der Waals surface area (Å²) in [5, 5.41) is 3.58. The highest BCUT2D eigenvalue weighted by atomic mass is 32.2. The number of nitrogens with one attached hydrogen (secondary N) is 1. The highest BCUT2D eigenvalue weighted by molar-refractivity contribution is 7.99. The molecule has 0 saturated heterocycles. The lowest BCUT2D eigenvalue weighted by atomic mass is 9.93. The first-order chi connectivity index (χ1) is 7.34. The third-order valence-corrected chi connectivity index (χ3v) is 3.94. The number of thioether (sulfide) groups is 1. The quantitative estimate of drug-likeness (QED) is 0.605. The average Bonchev–Trinajstić information content (AvgIpc) is 2.18. The van der Waals surface area contributed by atoms with E-state index in [0.717, 1.165) is 12.6 Å². The molecular formula is C13H19NS. The second kappa shape index (κ2) is 5.57. The van der Waals surface area contributed by atoms with Gasteiger partial charge < -0.3 is 5.32 Å². The van der Waals surface area contributed by atoms with E-state index >= 15 is 0 Å². The Labute approximate surface area is 96.7 Å². The Balaban J connectivity index is 1.62. The van der Waals surface area contributed by atoms with Gasteiger partial charge in [-0.2, -0.15) is 0 Å². The van der Waals surface area contributed by atoms with Gasteiger partial charge in [-0.1, -0.05) is 24.1 Å². The number of rotatable bonds is 5. The molecular weight excluding hydrogens is 202 g/mol. The highest BCUT2D eigenvalue weighted by Crippen LogP contribution is 2.20. The van der Waals surface area contributed by atoms with E-state index in [9.17, 15) is 0 Å². The summed E-state index contributed by atoms with van der Waals surface area (Å²) in [4.78, 5) is 1.39. The Morgan fingerprint density at radius 1 is 1.27 bits per heavy atom. The molecule has 1 aliphatic rings. The zero-order valence-electron chi connectivity index (χ0n) is 9.33.